The lowest BCUT2D eigenvalue weighted by molar-refractivity contribution is -0.121. The zero-order valence-corrected chi connectivity index (χ0v) is 19.3. The van der Waals surface area contributed by atoms with Gasteiger partial charge in [-0.05, 0) is 42.4 Å². The number of likely N-dealkylation sites (tertiary alicyclic amines) is 1. The number of aliphatic hydroxyl groups is 1. The van der Waals surface area contributed by atoms with Gasteiger partial charge in [0.05, 0.1) is 32.5 Å². The third-order valence-corrected chi connectivity index (χ3v) is 7.01. The highest BCUT2D eigenvalue weighted by Crippen LogP contribution is 2.37. The van der Waals surface area contributed by atoms with Gasteiger partial charge in [0, 0.05) is 46.2 Å². The summed E-state index contributed by atoms with van der Waals surface area (Å²) in [5, 5.41) is 13.4. The Bertz CT molecular complexity index is 770. The zero-order chi connectivity index (χ0) is 22.5. The SMILES string of the molecule is COc1ccc(CN2C[C@H]3C[C@@H](NC(C)=O)[C@H](O)C[C@H]3C2)cc1OCCN1CCOCC1. The average molecular weight is 448 g/mol. The molecule has 0 bridgehead atoms. The minimum Gasteiger partial charge on any atom is -0.493 e. The van der Waals surface area contributed by atoms with Crippen LogP contribution in [0.25, 0.3) is 0 Å². The molecule has 32 heavy (non-hydrogen) atoms. The maximum absolute atomic E-state index is 11.4. The minimum atomic E-state index is -0.451. The number of amides is 1. The molecule has 1 aromatic rings. The molecule has 1 aromatic carbocycles. The highest BCUT2D eigenvalue weighted by molar-refractivity contribution is 5.73. The highest BCUT2D eigenvalue weighted by Gasteiger charge is 2.41. The van der Waals surface area contributed by atoms with Crippen LogP contribution in [0.3, 0.4) is 0 Å². The minimum absolute atomic E-state index is 0.0678. The molecular formula is C24H37N3O5. The van der Waals surface area contributed by atoms with Crippen molar-refractivity contribution in [1.29, 1.82) is 0 Å². The van der Waals surface area contributed by atoms with Gasteiger partial charge in [-0.25, -0.2) is 0 Å². The topological polar surface area (TPSA) is 83.5 Å². The fourth-order valence-corrected chi connectivity index (χ4v) is 5.37. The number of carbonyl (C=O) groups excluding carboxylic acids is 1. The molecule has 3 aliphatic rings. The van der Waals surface area contributed by atoms with E-state index < -0.39 is 6.10 Å². The van der Waals surface area contributed by atoms with Crippen LogP contribution in [0.1, 0.15) is 25.3 Å². The maximum Gasteiger partial charge on any atom is 0.217 e. The van der Waals surface area contributed by atoms with Crippen molar-refractivity contribution in [2.45, 2.75) is 38.5 Å². The molecule has 4 rings (SSSR count). The van der Waals surface area contributed by atoms with E-state index in [0.29, 0.717) is 18.4 Å². The number of rotatable bonds is 8. The van der Waals surface area contributed by atoms with Gasteiger partial charge in [-0.2, -0.15) is 0 Å². The number of benzene rings is 1. The molecule has 1 amide bonds. The number of fused-ring (bicyclic) bond motifs is 1. The fourth-order valence-electron chi connectivity index (χ4n) is 5.37. The Morgan fingerprint density at radius 3 is 2.62 bits per heavy atom. The van der Waals surface area contributed by atoms with Crippen molar-refractivity contribution >= 4 is 5.91 Å². The smallest absolute Gasteiger partial charge is 0.217 e. The van der Waals surface area contributed by atoms with Crippen molar-refractivity contribution in [2.75, 3.05) is 59.7 Å². The van der Waals surface area contributed by atoms with Crippen molar-refractivity contribution in [3.05, 3.63) is 23.8 Å². The average Bonchev–Trinajstić information content (AvgIpc) is 3.15. The largest absolute Gasteiger partial charge is 0.493 e. The number of nitrogens with zero attached hydrogens (tertiary/aromatic N) is 2. The lowest BCUT2D eigenvalue weighted by atomic mass is 9.77. The fraction of sp³-hybridized carbons (Fsp3) is 0.708. The van der Waals surface area contributed by atoms with Gasteiger partial charge in [0.1, 0.15) is 6.61 Å². The van der Waals surface area contributed by atoms with E-state index in [1.807, 2.05) is 6.07 Å². The van der Waals surface area contributed by atoms with E-state index >= 15 is 0 Å². The Morgan fingerprint density at radius 1 is 1.16 bits per heavy atom. The molecule has 0 radical (unpaired) electrons. The lowest BCUT2D eigenvalue weighted by Gasteiger charge is -2.35. The molecule has 178 valence electrons. The summed E-state index contributed by atoms with van der Waals surface area (Å²) in [6.45, 7) is 9.32. The quantitative estimate of drug-likeness (QED) is 0.618. The van der Waals surface area contributed by atoms with Crippen LogP contribution in [-0.4, -0.2) is 92.6 Å². The van der Waals surface area contributed by atoms with E-state index in [4.69, 9.17) is 14.2 Å². The molecule has 4 atom stereocenters. The number of aliphatic hydroxyl groups excluding tert-OH is 1. The number of methoxy groups -OCH3 is 1. The summed E-state index contributed by atoms with van der Waals surface area (Å²) >= 11 is 0. The van der Waals surface area contributed by atoms with Crippen LogP contribution < -0.4 is 14.8 Å². The van der Waals surface area contributed by atoms with E-state index in [-0.39, 0.29) is 11.9 Å². The molecule has 1 aliphatic carbocycles. The predicted molar refractivity (Wildman–Crippen MR) is 121 cm³/mol. The summed E-state index contributed by atoms with van der Waals surface area (Å²) in [7, 11) is 1.67. The zero-order valence-electron chi connectivity index (χ0n) is 19.3. The van der Waals surface area contributed by atoms with Crippen LogP contribution in [0, 0.1) is 11.8 Å². The van der Waals surface area contributed by atoms with Crippen LogP contribution >= 0.6 is 0 Å². The summed E-state index contributed by atoms with van der Waals surface area (Å²) in [4.78, 5) is 16.3. The van der Waals surface area contributed by atoms with Gasteiger partial charge in [-0.1, -0.05) is 6.07 Å². The third kappa shape index (κ3) is 5.92. The highest BCUT2D eigenvalue weighted by atomic mass is 16.5. The molecule has 8 nitrogen and oxygen atoms in total. The molecule has 1 saturated carbocycles. The Kier molecular flexibility index (Phi) is 7.88. The second-order valence-corrected chi connectivity index (χ2v) is 9.35. The van der Waals surface area contributed by atoms with Crippen molar-refractivity contribution < 1.29 is 24.1 Å². The molecule has 0 aromatic heterocycles. The summed E-state index contributed by atoms with van der Waals surface area (Å²) in [5.41, 5.74) is 1.20. The second kappa shape index (κ2) is 10.8. The standard InChI is InChI=1S/C24H37N3O5/c1-17(28)25-21-12-19-15-27(16-20(19)13-22(21)29)14-18-3-4-23(30-2)24(11-18)32-10-7-26-5-8-31-9-6-26/h3-4,11,19-22,29H,5-10,12-16H2,1-2H3,(H,25,28)/t19-,20+,21-,22-/m1/s1. The summed E-state index contributed by atoms with van der Waals surface area (Å²) in [6, 6.07) is 6.06. The Hall–Kier alpha value is -1.87. The van der Waals surface area contributed by atoms with Crippen LogP contribution in [0.5, 0.6) is 11.5 Å². The summed E-state index contributed by atoms with van der Waals surface area (Å²) in [5.74, 6) is 2.47. The van der Waals surface area contributed by atoms with Crippen molar-refractivity contribution in [2.24, 2.45) is 11.8 Å². The molecule has 3 fully saturated rings. The van der Waals surface area contributed by atoms with Crippen LogP contribution in [0.15, 0.2) is 18.2 Å². The normalized spacial score (nSPS) is 28.8. The first-order valence-electron chi connectivity index (χ1n) is 11.8. The van der Waals surface area contributed by atoms with Gasteiger partial charge in [0.15, 0.2) is 11.5 Å². The van der Waals surface area contributed by atoms with Crippen LogP contribution in [-0.2, 0) is 16.1 Å². The van der Waals surface area contributed by atoms with E-state index in [2.05, 4.69) is 27.2 Å². The van der Waals surface area contributed by atoms with Crippen LogP contribution in [0.2, 0.25) is 0 Å². The van der Waals surface area contributed by atoms with E-state index in [1.54, 1.807) is 7.11 Å². The molecule has 2 heterocycles. The number of carbonyl (C=O) groups is 1. The van der Waals surface area contributed by atoms with Crippen molar-refractivity contribution in [3.63, 3.8) is 0 Å². The first kappa shape index (κ1) is 23.3. The molecule has 2 N–H and O–H groups in total. The van der Waals surface area contributed by atoms with Gasteiger partial charge >= 0.3 is 0 Å². The molecule has 8 heteroatoms. The predicted octanol–water partition coefficient (Wildman–Crippen LogP) is 1.11. The Labute approximate surface area is 190 Å². The first-order chi connectivity index (χ1) is 15.5. The van der Waals surface area contributed by atoms with Crippen LogP contribution in [0.4, 0.5) is 0 Å². The first-order valence-corrected chi connectivity index (χ1v) is 11.8. The van der Waals surface area contributed by atoms with Crippen molar-refractivity contribution in [1.82, 2.24) is 15.1 Å². The number of hydrogen-bond donors (Lipinski definition) is 2. The lowest BCUT2D eigenvalue weighted by Crippen LogP contribution is -2.48. The summed E-state index contributed by atoms with van der Waals surface area (Å²) < 4.78 is 17.0. The second-order valence-electron chi connectivity index (χ2n) is 9.35. The number of ether oxygens (including phenoxy) is 3. The van der Waals surface area contributed by atoms with Gasteiger partial charge in [0.2, 0.25) is 5.91 Å². The van der Waals surface area contributed by atoms with Crippen molar-refractivity contribution in [3.8, 4) is 11.5 Å². The molecule has 2 saturated heterocycles. The molecular weight excluding hydrogens is 410 g/mol. The van der Waals surface area contributed by atoms with Gasteiger partial charge < -0.3 is 24.6 Å². The van der Waals surface area contributed by atoms with E-state index in [1.165, 1.54) is 12.5 Å². The van der Waals surface area contributed by atoms with E-state index in [9.17, 15) is 9.90 Å². The molecule has 0 unspecified atom stereocenters. The number of nitrogens with one attached hydrogen (secondary N) is 1. The Balaban J connectivity index is 1.32. The summed E-state index contributed by atoms with van der Waals surface area (Å²) in [6.07, 6.45) is 1.15. The molecule has 2 aliphatic heterocycles. The van der Waals surface area contributed by atoms with Gasteiger partial charge in [-0.15, -0.1) is 0 Å². The number of hydrogen-bond acceptors (Lipinski definition) is 7. The number of morpholine rings is 1. The Morgan fingerprint density at radius 2 is 1.91 bits per heavy atom. The van der Waals surface area contributed by atoms with E-state index in [0.717, 1.165) is 76.8 Å². The van der Waals surface area contributed by atoms with Gasteiger partial charge in [-0.3, -0.25) is 14.6 Å². The maximum atomic E-state index is 11.4. The van der Waals surface area contributed by atoms with Gasteiger partial charge in [0.25, 0.3) is 0 Å². The third-order valence-electron chi connectivity index (χ3n) is 7.01. The monoisotopic (exact) mass is 447 g/mol. The molecule has 0 spiro atoms.